The molecule has 1 aromatic heterocycles. The summed E-state index contributed by atoms with van der Waals surface area (Å²) in [6.07, 6.45) is 3.90. The summed E-state index contributed by atoms with van der Waals surface area (Å²) in [5, 5.41) is 11.7. The summed E-state index contributed by atoms with van der Waals surface area (Å²) in [4.78, 5) is 14.2. The van der Waals surface area contributed by atoms with Gasteiger partial charge in [0.1, 0.15) is 0 Å². The first-order valence-electron chi connectivity index (χ1n) is 8.84. The molecule has 0 bridgehead atoms. The number of nitrogens with two attached hydrogens (primary N) is 1. The van der Waals surface area contributed by atoms with Crippen LogP contribution in [-0.4, -0.2) is 22.6 Å². The fraction of sp³-hybridized carbons (Fsp3) is 0.450. The second-order valence-electron chi connectivity index (χ2n) is 8.06. The van der Waals surface area contributed by atoms with Crippen LogP contribution in [0.25, 0.3) is 10.4 Å². The number of hydrogen-bond donors (Lipinski definition) is 2. The third kappa shape index (κ3) is 3.01. The first-order valence-corrected chi connectivity index (χ1v) is 9.65. The summed E-state index contributed by atoms with van der Waals surface area (Å²) in [6.45, 7) is 6.06. The molecule has 2 aliphatic rings. The smallest absolute Gasteiger partial charge is 0.337 e. The van der Waals surface area contributed by atoms with Gasteiger partial charge in [0.2, 0.25) is 0 Å². The number of nitrogens with zero attached hydrogens (tertiary/aromatic N) is 1. The Morgan fingerprint density at radius 3 is 2.84 bits per heavy atom. The van der Waals surface area contributed by atoms with Gasteiger partial charge in [0, 0.05) is 22.8 Å². The van der Waals surface area contributed by atoms with E-state index in [9.17, 15) is 9.90 Å². The summed E-state index contributed by atoms with van der Waals surface area (Å²) in [5.41, 5.74) is 5.31. The first kappa shape index (κ1) is 16.8. The Morgan fingerprint density at radius 2 is 2.08 bits per heavy atom. The van der Waals surface area contributed by atoms with Gasteiger partial charge >= 0.3 is 5.97 Å². The lowest BCUT2D eigenvalue weighted by molar-refractivity contribution is 0.0696. The molecule has 0 fully saturated rings. The number of rotatable bonds is 2. The van der Waals surface area contributed by atoms with Crippen LogP contribution in [0.2, 0.25) is 0 Å². The van der Waals surface area contributed by atoms with Crippen molar-refractivity contribution in [1.29, 1.82) is 0 Å². The summed E-state index contributed by atoms with van der Waals surface area (Å²) in [5.74, 6) is 5.17. The third-order valence-electron chi connectivity index (χ3n) is 5.50. The molecule has 2 heterocycles. The maximum Gasteiger partial charge on any atom is 0.337 e. The normalized spacial score (nSPS) is 19.3. The van der Waals surface area contributed by atoms with Crippen molar-refractivity contribution in [3.63, 3.8) is 0 Å². The van der Waals surface area contributed by atoms with E-state index in [1.165, 1.54) is 16.0 Å². The Labute approximate surface area is 152 Å². The molecule has 1 aromatic carbocycles. The molecule has 0 amide bonds. The lowest BCUT2D eigenvalue weighted by Gasteiger charge is -2.29. The maximum atomic E-state index is 12.1. The Morgan fingerprint density at radius 1 is 1.28 bits per heavy atom. The predicted molar refractivity (Wildman–Crippen MR) is 101 cm³/mol. The Hall–Kier alpha value is -1.69. The van der Waals surface area contributed by atoms with Crippen molar-refractivity contribution in [3.8, 4) is 10.4 Å². The van der Waals surface area contributed by atoms with Crippen molar-refractivity contribution in [1.82, 2.24) is 5.01 Å². The van der Waals surface area contributed by atoms with Crippen molar-refractivity contribution in [2.75, 3.05) is 6.54 Å². The van der Waals surface area contributed by atoms with Crippen molar-refractivity contribution < 1.29 is 9.90 Å². The van der Waals surface area contributed by atoms with E-state index >= 15 is 0 Å². The van der Waals surface area contributed by atoms with E-state index in [0.29, 0.717) is 5.56 Å². The van der Waals surface area contributed by atoms with Crippen molar-refractivity contribution >= 4 is 17.3 Å². The number of benzene rings is 1. The molecule has 1 aliphatic heterocycles. The van der Waals surface area contributed by atoms with Crippen molar-refractivity contribution in [3.05, 3.63) is 45.3 Å². The Kier molecular flexibility index (Phi) is 3.98. The molecule has 132 valence electrons. The van der Waals surface area contributed by atoms with E-state index in [-0.39, 0.29) is 5.41 Å². The van der Waals surface area contributed by atoms with Crippen LogP contribution in [0.1, 0.15) is 52.2 Å². The van der Waals surface area contributed by atoms with Crippen LogP contribution in [0.3, 0.4) is 0 Å². The zero-order valence-corrected chi connectivity index (χ0v) is 15.6. The number of thiophene rings is 1. The molecule has 0 unspecified atom stereocenters. The first-order chi connectivity index (χ1) is 11.8. The molecular weight excluding hydrogens is 332 g/mol. The number of hydrogen-bond acceptors (Lipinski definition) is 4. The molecule has 2 aromatic rings. The van der Waals surface area contributed by atoms with E-state index in [1.54, 1.807) is 11.3 Å². The molecule has 4 nitrogen and oxygen atoms in total. The van der Waals surface area contributed by atoms with Gasteiger partial charge in [0.15, 0.2) is 0 Å². The third-order valence-corrected chi connectivity index (χ3v) is 6.84. The molecule has 0 atom stereocenters. The van der Waals surface area contributed by atoms with Crippen LogP contribution in [0, 0.1) is 5.41 Å². The van der Waals surface area contributed by atoms with E-state index < -0.39 is 5.97 Å². The molecule has 0 saturated carbocycles. The average Bonchev–Trinajstić information content (AvgIpc) is 2.91. The van der Waals surface area contributed by atoms with Crippen LogP contribution < -0.4 is 5.84 Å². The highest BCUT2D eigenvalue weighted by molar-refractivity contribution is 7.16. The van der Waals surface area contributed by atoms with Gasteiger partial charge in [-0.2, -0.15) is 0 Å². The summed E-state index contributed by atoms with van der Waals surface area (Å²) >= 11 is 1.67. The van der Waals surface area contributed by atoms with E-state index in [1.807, 2.05) is 5.01 Å². The van der Waals surface area contributed by atoms with Crippen LogP contribution in [0.5, 0.6) is 0 Å². The zero-order valence-electron chi connectivity index (χ0n) is 14.8. The largest absolute Gasteiger partial charge is 0.478 e. The van der Waals surface area contributed by atoms with Crippen molar-refractivity contribution in [2.45, 2.75) is 46.1 Å². The number of aryl methyl sites for hydroxylation is 1. The average molecular weight is 356 g/mol. The molecule has 1 aliphatic carbocycles. The molecular formula is C20H24N2O2S. The number of aromatic carboxylic acids is 1. The van der Waals surface area contributed by atoms with Gasteiger partial charge in [0.05, 0.1) is 5.56 Å². The maximum absolute atomic E-state index is 12.1. The number of carboxylic acid groups (broad SMARTS) is 1. The minimum absolute atomic E-state index is 0.172. The number of hydrazine groups is 1. The zero-order chi connectivity index (χ0) is 17.8. The van der Waals surface area contributed by atoms with E-state index in [0.717, 1.165) is 54.8 Å². The minimum atomic E-state index is -0.802. The second-order valence-corrected chi connectivity index (χ2v) is 9.16. The van der Waals surface area contributed by atoms with E-state index in [2.05, 4.69) is 32.0 Å². The second kappa shape index (κ2) is 5.94. The predicted octanol–water partition coefficient (Wildman–Crippen LogP) is 3.86. The highest BCUT2D eigenvalue weighted by atomic mass is 32.1. The molecule has 3 N–H and O–H groups in total. The lowest BCUT2D eigenvalue weighted by Crippen LogP contribution is -2.36. The van der Waals surface area contributed by atoms with Crippen molar-refractivity contribution in [2.24, 2.45) is 11.3 Å². The number of fused-ring (bicyclic) bond motifs is 2. The Balaban J connectivity index is 1.82. The van der Waals surface area contributed by atoms with Crippen LogP contribution in [-0.2, 0) is 25.8 Å². The number of carboxylic acids is 1. The highest BCUT2D eigenvalue weighted by Gasteiger charge is 2.33. The highest BCUT2D eigenvalue weighted by Crippen LogP contribution is 2.45. The van der Waals surface area contributed by atoms with Gasteiger partial charge in [-0.15, -0.1) is 11.3 Å². The molecule has 0 spiro atoms. The fourth-order valence-electron chi connectivity index (χ4n) is 4.07. The summed E-state index contributed by atoms with van der Waals surface area (Å²) < 4.78 is 0. The molecule has 25 heavy (non-hydrogen) atoms. The van der Waals surface area contributed by atoms with Crippen LogP contribution in [0.4, 0.5) is 0 Å². The quantitative estimate of drug-likeness (QED) is 0.802. The SMILES string of the molecule is CC1(C)CCc2sc(-c3ccc4c(c3)CN(N)CC4)c(C(=O)O)c2C1. The molecule has 4 rings (SSSR count). The Bertz CT molecular complexity index is 854. The van der Waals surface area contributed by atoms with E-state index in [4.69, 9.17) is 5.84 Å². The lowest BCUT2D eigenvalue weighted by atomic mass is 9.76. The number of carbonyl (C=O) groups is 1. The van der Waals surface area contributed by atoms with Crippen LogP contribution in [0.15, 0.2) is 18.2 Å². The van der Waals surface area contributed by atoms with Crippen LogP contribution >= 0.6 is 11.3 Å². The summed E-state index contributed by atoms with van der Waals surface area (Å²) in [7, 11) is 0. The monoisotopic (exact) mass is 356 g/mol. The topological polar surface area (TPSA) is 66.6 Å². The fourth-order valence-corrected chi connectivity index (χ4v) is 5.38. The molecule has 0 saturated heterocycles. The molecule has 5 heteroatoms. The van der Waals surface area contributed by atoms with Gasteiger partial charge in [-0.3, -0.25) is 5.84 Å². The van der Waals surface area contributed by atoms with Gasteiger partial charge in [0.25, 0.3) is 0 Å². The standard InChI is InChI=1S/C20H24N2O2S/c1-20(2)7-5-16-15(10-20)17(19(23)24)18(25-16)13-4-3-12-6-8-22(21)11-14(12)9-13/h3-4,9H,5-8,10-11,21H2,1-2H3,(H,23,24). The van der Waals surface area contributed by atoms with Gasteiger partial charge < -0.3 is 5.11 Å². The van der Waals surface area contributed by atoms with Gasteiger partial charge in [-0.25, -0.2) is 9.80 Å². The van der Waals surface area contributed by atoms with Gasteiger partial charge in [-0.1, -0.05) is 26.0 Å². The van der Waals surface area contributed by atoms with Gasteiger partial charge in [-0.05, 0) is 59.4 Å². The minimum Gasteiger partial charge on any atom is -0.478 e. The summed E-state index contributed by atoms with van der Waals surface area (Å²) in [6, 6.07) is 6.37. The molecule has 0 radical (unpaired) electrons.